The van der Waals surface area contributed by atoms with Gasteiger partial charge in [0.05, 0.1) is 19.3 Å². The van der Waals surface area contributed by atoms with E-state index in [4.69, 9.17) is 9.47 Å². The molecule has 0 radical (unpaired) electrons. The molecule has 0 unspecified atom stereocenters. The lowest BCUT2D eigenvalue weighted by molar-refractivity contribution is 0.287. The number of hydrogen-bond acceptors (Lipinski definition) is 6. The van der Waals surface area contributed by atoms with Crippen LogP contribution in [0.1, 0.15) is 36.7 Å². The van der Waals surface area contributed by atoms with E-state index in [0.717, 1.165) is 16.6 Å². The van der Waals surface area contributed by atoms with Gasteiger partial charge in [-0.15, -0.1) is 0 Å². The van der Waals surface area contributed by atoms with Gasteiger partial charge in [0.1, 0.15) is 17.1 Å². The smallest absolute Gasteiger partial charge is 0.161 e. The maximum absolute atomic E-state index is 11.1. The van der Waals surface area contributed by atoms with Gasteiger partial charge in [-0.2, -0.15) is 0 Å². The number of nitrogens with zero attached hydrogens (tertiary/aromatic N) is 2. The molecule has 2 aromatic heterocycles. The largest absolute Gasteiger partial charge is 0.505 e. The van der Waals surface area contributed by atoms with Gasteiger partial charge in [0.25, 0.3) is 0 Å². The zero-order valence-corrected chi connectivity index (χ0v) is 18.5. The Morgan fingerprint density at radius 2 is 1.75 bits per heavy atom. The van der Waals surface area contributed by atoms with Crippen molar-refractivity contribution in [1.29, 1.82) is 0 Å². The molecule has 0 aliphatic rings. The molecule has 1 atom stereocenters. The number of phenols is 1. The third kappa shape index (κ3) is 4.44. The maximum atomic E-state index is 11.1. The van der Waals surface area contributed by atoms with Crippen LogP contribution in [0.2, 0.25) is 0 Å². The molecule has 0 saturated heterocycles. The van der Waals surface area contributed by atoms with Gasteiger partial charge in [-0.05, 0) is 56.7 Å². The lowest BCUT2D eigenvalue weighted by Crippen LogP contribution is -2.14. The molecule has 0 fully saturated rings. The highest BCUT2D eigenvalue weighted by atomic mass is 16.5. The number of benzene rings is 2. The highest BCUT2D eigenvalue weighted by Gasteiger charge is 2.22. The van der Waals surface area contributed by atoms with Crippen LogP contribution in [0.25, 0.3) is 10.9 Å². The SMILES string of the molecule is CCOc1ccc([C@@H](Nc2cccc(C)n2)c2ccc3cccnc3c2O)cc1OCC. The van der Waals surface area contributed by atoms with Crippen molar-refractivity contribution in [1.82, 2.24) is 9.97 Å². The van der Waals surface area contributed by atoms with Crippen molar-refractivity contribution in [3.63, 3.8) is 0 Å². The molecular weight excluding hydrogens is 402 g/mol. The van der Waals surface area contributed by atoms with Crippen LogP contribution in [-0.4, -0.2) is 28.3 Å². The van der Waals surface area contributed by atoms with Crippen molar-refractivity contribution >= 4 is 16.7 Å². The van der Waals surface area contributed by atoms with E-state index in [0.29, 0.717) is 41.6 Å². The molecule has 0 saturated carbocycles. The van der Waals surface area contributed by atoms with Gasteiger partial charge in [-0.3, -0.25) is 4.98 Å². The third-order valence-electron chi connectivity index (χ3n) is 5.17. The Hall–Kier alpha value is -3.80. The Morgan fingerprint density at radius 1 is 0.938 bits per heavy atom. The number of anilines is 1. The van der Waals surface area contributed by atoms with E-state index in [1.807, 2.05) is 81.4 Å². The number of ether oxygens (including phenoxy) is 2. The number of hydrogen-bond donors (Lipinski definition) is 2. The fourth-order valence-electron chi connectivity index (χ4n) is 3.74. The number of pyridine rings is 2. The fraction of sp³-hybridized carbons (Fsp3) is 0.231. The Labute approximate surface area is 187 Å². The zero-order chi connectivity index (χ0) is 22.5. The summed E-state index contributed by atoms with van der Waals surface area (Å²) in [5.41, 5.74) is 3.07. The maximum Gasteiger partial charge on any atom is 0.161 e. The van der Waals surface area contributed by atoms with Crippen LogP contribution in [0.5, 0.6) is 17.2 Å². The van der Waals surface area contributed by atoms with Crippen molar-refractivity contribution in [3.8, 4) is 17.2 Å². The fourth-order valence-corrected chi connectivity index (χ4v) is 3.74. The Bertz CT molecular complexity index is 1230. The van der Waals surface area contributed by atoms with Gasteiger partial charge in [0.15, 0.2) is 11.5 Å². The molecule has 0 amide bonds. The van der Waals surface area contributed by atoms with Gasteiger partial charge in [-0.1, -0.05) is 30.3 Å². The highest BCUT2D eigenvalue weighted by molar-refractivity contribution is 5.86. The van der Waals surface area contributed by atoms with Crippen molar-refractivity contribution in [2.45, 2.75) is 26.8 Å². The molecule has 32 heavy (non-hydrogen) atoms. The molecular formula is C26H27N3O3. The van der Waals surface area contributed by atoms with Crippen molar-refractivity contribution in [2.24, 2.45) is 0 Å². The molecule has 2 heterocycles. The summed E-state index contributed by atoms with van der Waals surface area (Å²) in [5, 5.41) is 15.5. The minimum atomic E-state index is -0.384. The Balaban J connectivity index is 1.85. The standard InChI is InChI=1S/C26H27N3O3/c1-4-31-21-14-12-19(16-22(21)32-5-2)24(29-23-10-6-8-17(3)28-23)20-13-11-18-9-7-15-27-25(18)26(20)30/h6-16,24,30H,4-5H2,1-3H3,(H,28,29)/t24-/m1/s1. The van der Waals surface area contributed by atoms with E-state index in [1.54, 1.807) is 6.20 Å². The predicted molar refractivity (Wildman–Crippen MR) is 127 cm³/mol. The second-order valence-corrected chi connectivity index (χ2v) is 7.39. The minimum Gasteiger partial charge on any atom is -0.505 e. The molecule has 0 spiro atoms. The normalized spacial score (nSPS) is 11.8. The monoisotopic (exact) mass is 429 g/mol. The second kappa shape index (κ2) is 9.56. The molecule has 4 aromatic rings. The first kappa shape index (κ1) is 21.4. The van der Waals surface area contributed by atoms with E-state index in [1.165, 1.54) is 0 Å². The van der Waals surface area contributed by atoms with Crippen LogP contribution >= 0.6 is 0 Å². The Kier molecular flexibility index (Phi) is 6.40. The van der Waals surface area contributed by atoms with Crippen molar-refractivity contribution < 1.29 is 14.6 Å². The van der Waals surface area contributed by atoms with Crippen LogP contribution in [0.3, 0.4) is 0 Å². The summed E-state index contributed by atoms with van der Waals surface area (Å²) in [5.74, 6) is 2.20. The molecule has 4 rings (SSSR count). The quantitative estimate of drug-likeness (QED) is 0.377. The summed E-state index contributed by atoms with van der Waals surface area (Å²) in [6, 6.07) is 18.9. The van der Waals surface area contributed by atoms with E-state index >= 15 is 0 Å². The summed E-state index contributed by atoms with van der Waals surface area (Å²) in [6.45, 7) is 6.90. The molecule has 6 nitrogen and oxygen atoms in total. The minimum absolute atomic E-state index is 0.139. The number of phenolic OH excluding ortho intramolecular Hbond substituents is 1. The van der Waals surface area contributed by atoms with Crippen LogP contribution in [-0.2, 0) is 0 Å². The van der Waals surface area contributed by atoms with Crippen molar-refractivity contribution in [3.05, 3.63) is 83.7 Å². The summed E-state index contributed by atoms with van der Waals surface area (Å²) < 4.78 is 11.6. The van der Waals surface area contributed by atoms with Gasteiger partial charge in [-0.25, -0.2) is 4.98 Å². The first-order chi connectivity index (χ1) is 15.6. The number of rotatable bonds is 8. The molecule has 2 N–H and O–H groups in total. The average molecular weight is 430 g/mol. The average Bonchev–Trinajstić information content (AvgIpc) is 2.80. The first-order valence-corrected chi connectivity index (χ1v) is 10.8. The number of aromatic hydroxyl groups is 1. The summed E-state index contributed by atoms with van der Waals surface area (Å²) in [4.78, 5) is 8.98. The molecule has 0 bridgehead atoms. The van der Waals surface area contributed by atoms with Crippen LogP contribution in [0.15, 0.2) is 66.9 Å². The Morgan fingerprint density at radius 3 is 2.53 bits per heavy atom. The van der Waals surface area contributed by atoms with Gasteiger partial charge in [0, 0.05) is 22.8 Å². The number of fused-ring (bicyclic) bond motifs is 1. The van der Waals surface area contributed by atoms with Crippen LogP contribution in [0, 0.1) is 6.92 Å². The molecule has 164 valence electrons. The molecule has 6 heteroatoms. The lowest BCUT2D eigenvalue weighted by atomic mass is 9.95. The molecule has 2 aromatic carbocycles. The van der Waals surface area contributed by atoms with Crippen LogP contribution < -0.4 is 14.8 Å². The van der Waals surface area contributed by atoms with E-state index in [9.17, 15) is 5.11 Å². The highest BCUT2D eigenvalue weighted by Crippen LogP contribution is 2.39. The number of aryl methyl sites for hydroxylation is 1. The zero-order valence-electron chi connectivity index (χ0n) is 18.5. The third-order valence-corrected chi connectivity index (χ3v) is 5.17. The number of aromatic nitrogens is 2. The molecule has 0 aliphatic carbocycles. The lowest BCUT2D eigenvalue weighted by Gasteiger charge is -2.23. The first-order valence-electron chi connectivity index (χ1n) is 10.8. The van der Waals surface area contributed by atoms with Crippen LogP contribution in [0.4, 0.5) is 5.82 Å². The van der Waals surface area contributed by atoms with E-state index in [-0.39, 0.29) is 11.8 Å². The number of nitrogens with one attached hydrogen (secondary N) is 1. The molecule has 0 aliphatic heterocycles. The van der Waals surface area contributed by atoms with E-state index in [2.05, 4.69) is 15.3 Å². The summed E-state index contributed by atoms with van der Waals surface area (Å²) in [7, 11) is 0. The van der Waals surface area contributed by atoms with Gasteiger partial charge < -0.3 is 19.9 Å². The van der Waals surface area contributed by atoms with Gasteiger partial charge in [0.2, 0.25) is 0 Å². The summed E-state index contributed by atoms with van der Waals surface area (Å²) in [6.07, 6.45) is 1.68. The topological polar surface area (TPSA) is 76.5 Å². The van der Waals surface area contributed by atoms with Crippen molar-refractivity contribution in [2.75, 3.05) is 18.5 Å². The second-order valence-electron chi connectivity index (χ2n) is 7.39. The van der Waals surface area contributed by atoms with Gasteiger partial charge >= 0.3 is 0 Å². The summed E-state index contributed by atoms with van der Waals surface area (Å²) >= 11 is 0. The van der Waals surface area contributed by atoms with E-state index < -0.39 is 0 Å². The predicted octanol–water partition coefficient (Wildman–Crippen LogP) is 5.64.